The van der Waals surface area contributed by atoms with Gasteiger partial charge in [-0.05, 0) is 44.9 Å². The summed E-state index contributed by atoms with van der Waals surface area (Å²) in [6.45, 7) is 7.17. The van der Waals surface area contributed by atoms with E-state index in [-0.39, 0.29) is 24.2 Å². The zero-order valence-corrected chi connectivity index (χ0v) is 21.6. The Labute approximate surface area is 202 Å². The Morgan fingerprint density at radius 1 is 1.06 bits per heavy atom. The van der Waals surface area contributed by atoms with Gasteiger partial charge in [-0.15, -0.1) is 0 Å². The van der Waals surface area contributed by atoms with Gasteiger partial charge in [0.1, 0.15) is 18.3 Å². The van der Waals surface area contributed by atoms with Crippen LogP contribution in [0.3, 0.4) is 0 Å². The molecule has 0 spiro atoms. The first-order valence-corrected chi connectivity index (χ1v) is 13.1. The first-order valence-electron chi connectivity index (χ1n) is 11.2. The van der Waals surface area contributed by atoms with E-state index in [2.05, 4.69) is 5.32 Å². The highest BCUT2D eigenvalue weighted by Crippen LogP contribution is 2.29. The highest BCUT2D eigenvalue weighted by atomic mass is 32.2. The molecule has 186 valence electrons. The number of benzene rings is 2. The number of para-hydroxylation sites is 2. The summed E-state index contributed by atoms with van der Waals surface area (Å²) in [6.07, 6.45) is 1.79. The molecule has 0 heterocycles. The van der Waals surface area contributed by atoms with Gasteiger partial charge in [0.2, 0.25) is 21.8 Å². The average molecular weight is 490 g/mol. The molecule has 2 atom stereocenters. The van der Waals surface area contributed by atoms with Crippen molar-refractivity contribution in [3.05, 3.63) is 59.7 Å². The molecule has 0 fully saturated rings. The van der Waals surface area contributed by atoms with E-state index < -0.39 is 28.5 Å². The number of carbonyl (C=O) groups excluding carboxylic acids is 2. The lowest BCUT2D eigenvalue weighted by atomic mass is 10.1. The maximum Gasteiger partial charge on any atom is 0.244 e. The monoisotopic (exact) mass is 489 g/mol. The minimum absolute atomic E-state index is 0.0487. The molecule has 0 aliphatic heterocycles. The van der Waals surface area contributed by atoms with Crippen molar-refractivity contribution in [3.63, 3.8) is 0 Å². The number of anilines is 1. The largest absolute Gasteiger partial charge is 0.495 e. The van der Waals surface area contributed by atoms with E-state index >= 15 is 0 Å². The van der Waals surface area contributed by atoms with E-state index in [0.29, 0.717) is 5.75 Å². The number of rotatable bonds is 11. The molecule has 34 heavy (non-hydrogen) atoms. The van der Waals surface area contributed by atoms with Crippen LogP contribution in [0.2, 0.25) is 0 Å². The second kappa shape index (κ2) is 11.9. The van der Waals surface area contributed by atoms with E-state index in [1.165, 1.54) is 12.0 Å². The van der Waals surface area contributed by atoms with Gasteiger partial charge >= 0.3 is 0 Å². The number of hydrogen-bond acceptors (Lipinski definition) is 5. The number of ether oxygens (including phenoxy) is 1. The lowest BCUT2D eigenvalue weighted by Gasteiger charge is -2.32. The molecule has 0 aliphatic rings. The van der Waals surface area contributed by atoms with Crippen molar-refractivity contribution in [2.45, 2.75) is 52.7 Å². The third-order valence-electron chi connectivity index (χ3n) is 5.67. The zero-order valence-electron chi connectivity index (χ0n) is 20.7. The van der Waals surface area contributed by atoms with Crippen LogP contribution in [0, 0.1) is 6.92 Å². The number of aryl methyl sites for hydroxylation is 1. The summed E-state index contributed by atoms with van der Waals surface area (Å²) in [5.41, 5.74) is 2.17. The van der Waals surface area contributed by atoms with Crippen LogP contribution < -0.4 is 14.4 Å². The first kappa shape index (κ1) is 27.2. The predicted molar refractivity (Wildman–Crippen MR) is 134 cm³/mol. The van der Waals surface area contributed by atoms with Gasteiger partial charge in [-0.2, -0.15) is 0 Å². The molecular formula is C25H35N3O5S. The van der Waals surface area contributed by atoms with Gasteiger partial charge < -0.3 is 15.0 Å². The average Bonchev–Trinajstić information content (AvgIpc) is 2.80. The Hall–Kier alpha value is -3.07. The molecule has 9 heteroatoms. The maximum atomic E-state index is 13.5. The molecule has 0 saturated carbocycles. The normalized spacial score (nSPS) is 13.0. The first-order chi connectivity index (χ1) is 16.0. The smallest absolute Gasteiger partial charge is 0.244 e. The standard InChI is InChI=1S/C25H35N3O5S/c1-7-19(3)26-25(30)20(4)27(16-21-14-12-18(2)13-15-21)24(29)17-28(34(6,31)32)22-10-8-9-11-23(22)33-5/h8-15,19-20H,7,16-17H2,1-6H3,(H,26,30)/t19-,20-/m1/s1. The number of methoxy groups -OCH3 is 1. The fraction of sp³-hybridized carbons (Fsp3) is 0.440. The van der Waals surface area contributed by atoms with Crippen molar-refractivity contribution in [1.82, 2.24) is 10.2 Å². The number of nitrogens with zero attached hydrogens (tertiary/aromatic N) is 2. The van der Waals surface area contributed by atoms with Crippen molar-refractivity contribution >= 4 is 27.5 Å². The highest BCUT2D eigenvalue weighted by Gasteiger charge is 2.31. The van der Waals surface area contributed by atoms with Crippen molar-refractivity contribution in [2.24, 2.45) is 0 Å². The van der Waals surface area contributed by atoms with Gasteiger partial charge in [-0.1, -0.05) is 48.9 Å². The van der Waals surface area contributed by atoms with E-state index in [0.717, 1.165) is 28.1 Å². The Kier molecular flexibility index (Phi) is 9.49. The topological polar surface area (TPSA) is 96.0 Å². The van der Waals surface area contributed by atoms with Crippen LogP contribution in [0.25, 0.3) is 0 Å². The third kappa shape index (κ3) is 7.21. The molecule has 0 aliphatic carbocycles. The van der Waals surface area contributed by atoms with Gasteiger partial charge in [-0.3, -0.25) is 13.9 Å². The Bertz CT molecular complexity index is 1090. The van der Waals surface area contributed by atoms with E-state index in [1.54, 1.807) is 31.2 Å². The van der Waals surface area contributed by atoms with Crippen molar-refractivity contribution in [3.8, 4) is 5.75 Å². The molecule has 2 amide bonds. The van der Waals surface area contributed by atoms with Crippen LogP contribution in [0.5, 0.6) is 5.75 Å². The van der Waals surface area contributed by atoms with Crippen LogP contribution in [-0.2, 0) is 26.2 Å². The summed E-state index contributed by atoms with van der Waals surface area (Å²) in [5, 5.41) is 2.91. The minimum atomic E-state index is -3.82. The Balaban J connectivity index is 2.41. The quantitative estimate of drug-likeness (QED) is 0.523. The number of sulfonamides is 1. The number of carbonyl (C=O) groups is 2. The summed E-state index contributed by atoms with van der Waals surface area (Å²) in [5.74, 6) is -0.463. The summed E-state index contributed by atoms with van der Waals surface area (Å²) in [4.78, 5) is 27.9. The maximum absolute atomic E-state index is 13.5. The SMILES string of the molecule is CC[C@@H](C)NC(=O)[C@@H](C)N(Cc1ccc(C)cc1)C(=O)CN(c1ccccc1OC)S(C)(=O)=O. The Morgan fingerprint density at radius 3 is 2.24 bits per heavy atom. The van der Waals surface area contributed by atoms with Crippen LogP contribution in [0.15, 0.2) is 48.5 Å². The van der Waals surface area contributed by atoms with Crippen LogP contribution in [0.1, 0.15) is 38.3 Å². The van der Waals surface area contributed by atoms with Crippen LogP contribution in [-0.4, -0.2) is 57.1 Å². The summed E-state index contributed by atoms with van der Waals surface area (Å²) in [7, 11) is -2.38. The molecule has 0 saturated heterocycles. The molecule has 2 rings (SSSR count). The fourth-order valence-electron chi connectivity index (χ4n) is 3.37. The fourth-order valence-corrected chi connectivity index (χ4v) is 4.22. The van der Waals surface area contributed by atoms with Gasteiger partial charge in [-0.25, -0.2) is 8.42 Å². The van der Waals surface area contributed by atoms with E-state index in [1.807, 2.05) is 45.0 Å². The zero-order chi connectivity index (χ0) is 25.5. The summed E-state index contributed by atoms with van der Waals surface area (Å²) < 4.78 is 31.7. The van der Waals surface area contributed by atoms with Crippen LogP contribution in [0.4, 0.5) is 5.69 Å². The van der Waals surface area contributed by atoms with Gasteiger partial charge in [0.05, 0.1) is 19.1 Å². The molecule has 1 N–H and O–H groups in total. The van der Waals surface area contributed by atoms with Crippen LogP contribution >= 0.6 is 0 Å². The Morgan fingerprint density at radius 2 is 1.68 bits per heavy atom. The highest BCUT2D eigenvalue weighted by molar-refractivity contribution is 7.92. The summed E-state index contributed by atoms with van der Waals surface area (Å²) >= 11 is 0. The van der Waals surface area contributed by atoms with E-state index in [4.69, 9.17) is 4.74 Å². The lowest BCUT2D eigenvalue weighted by Crippen LogP contribution is -2.52. The number of nitrogens with one attached hydrogen (secondary N) is 1. The molecule has 0 radical (unpaired) electrons. The molecule has 0 aromatic heterocycles. The molecule has 0 bridgehead atoms. The second-order valence-corrected chi connectivity index (χ2v) is 10.3. The number of hydrogen-bond donors (Lipinski definition) is 1. The van der Waals surface area contributed by atoms with Gasteiger partial charge in [0.25, 0.3) is 0 Å². The summed E-state index contributed by atoms with van der Waals surface area (Å²) in [6, 6.07) is 13.4. The van der Waals surface area contributed by atoms with Gasteiger partial charge in [0.15, 0.2) is 0 Å². The van der Waals surface area contributed by atoms with Gasteiger partial charge in [0, 0.05) is 12.6 Å². The third-order valence-corrected chi connectivity index (χ3v) is 6.80. The van der Waals surface area contributed by atoms with Crippen molar-refractivity contribution in [1.29, 1.82) is 0 Å². The predicted octanol–water partition coefficient (Wildman–Crippen LogP) is 3.10. The van der Waals surface area contributed by atoms with E-state index in [9.17, 15) is 18.0 Å². The van der Waals surface area contributed by atoms with Crippen molar-refractivity contribution in [2.75, 3.05) is 24.2 Å². The molecule has 2 aromatic rings. The van der Waals surface area contributed by atoms with Crippen molar-refractivity contribution < 1.29 is 22.7 Å². The molecule has 8 nitrogen and oxygen atoms in total. The lowest BCUT2D eigenvalue weighted by molar-refractivity contribution is -0.139. The molecular weight excluding hydrogens is 454 g/mol. The second-order valence-electron chi connectivity index (χ2n) is 8.44. The molecule has 2 aromatic carbocycles. The minimum Gasteiger partial charge on any atom is -0.495 e. The number of amides is 2. The molecule has 0 unspecified atom stereocenters.